The summed E-state index contributed by atoms with van der Waals surface area (Å²) in [5.74, 6) is -4.03. The van der Waals surface area contributed by atoms with E-state index in [0.29, 0.717) is 16.7 Å². The van der Waals surface area contributed by atoms with Gasteiger partial charge in [-0.15, -0.1) is 12.6 Å². The summed E-state index contributed by atoms with van der Waals surface area (Å²) in [5, 5.41) is 2.43. The van der Waals surface area contributed by atoms with E-state index in [-0.39, 0.29) is 16.1 Å². The summed E-state index contributed by atoms with van der Waals surface area (Å²) in [4.78, 5) is 12.7. The van der Waals surface area contributed by atoms with E-state index < -0.39 is 17.5 Å². The molecule has 0 atom stereocenters. The molecule has 0 aliphatic heterocycles. The molecule has 2 aromatic carbocycles. The second-order valence-corrected chi connectivity index (χ2v) is 5.54. The normalized spacial score (nSPS) is 10.7. The van der Waals surface area contributed by atoms with Gasteiger partial charge in [0.05, 0.1) is 11.3 Å². The molecule has 0 heterocycles. The first-order chi connectivity index (χ1) is 9.97. The largest absolute Gasteiger partial charge is 0.321 e. The molecule has 0 spiro atoms. The Morgan fingerprint density at radius 2 is 1.90 bits per heavy atom. The highest BCUT2D eigenvalue weighted by atomic mass is 32.2. The lowest BCUT2D eigenvalue weighted by molar-refractivity contribution is 0.102. The fourth-order valence-electron chi connectivity index (χ4n) is 1.65. The lowest BCUT2D eigenvalue weighted by Crippen LogP contribution is -2.14. The molecule has 0 fully saturated rings. The van der Waals surface area contributed by atoms with Crippen LogP contribution in [0.5, 0.6) is 0 Å². The minimum atomic E-state index is -2.61. The van der Waals surface area contributed by atoms with Crippen LogP contribution in [0.1, 0.15) is 10.4 Å². The summed E-state index contributed by atoms with van der Waals surface area (Å²) in [6.07, 6.45) is 0. The van der Waals surface area contributed by atoms with Crippen molar-refractivity contribution in [1.29, 1.82) is 0 Å². The standard InChI is InChI=1S/C14H10F3NOS2/c15-10-6-5-8(20)7-9(10)13(19)18-11-3-1-2-4-12(11)21-14(16)17/h1-7,14,20H,(H,18,19). The van der Waals surface area contributed by atoms with Crippen LogP contribution in [-0.4, -0.2) is 11.7 Å². The monoisotopic (exact) mass is 329 g/mol. The lowest BCUT2D eigenvalue weighted by Gasteiger charge is -2.11. The lowest BCUT2D eigenvalue weighted by atomic mass is 10.2. The van der Waals surface area contributed by atoms with Crippen LogP contribution in [0.2, 0.25) is 0 Å². The fraction of sp³-hybridized carbons (Fsp3) is 0.0714. The van der Waals surface area contributed by atoms with Crippen LogP contribution in [0.4, 0.5) is 18.9 Å². The molecule has 7 heteroatoms. The first kappa shape index (κ1) is 15.8. The van der Waals surface area contributed by atoms with E-state index in [2.05, 4.69) is 17.9 Å². The third-order valence-corrected chi connectivity index (χ3v) is 3.61. The van der Waals surface area contributed by atoms with Gasteiger partial charge < -0.3 is 5.32 Å². The number of benzene rings is 2. The molecule has 0 aromatic heterocycles. The van der Waals surface area contributed by atoms with Crippen LogP contribution in [0.3, 0.4) is 0 Å². The predicted octanol–water partition coefficient (Wildman–Crippen LogP) is 4.68. The number of hydrogen-bond acceptors (Lipinski definition) is 3. The average molecular weight is 329 g/mol. The summed E-state index contributed by atoms with van der Waals surface area (Å²) >= 11 is 4.35. The SMILES string of the molecule is O=C(Nc1ccccc1SC(F)F)c1cc(S)ccc1F. The Morgan fingerprint density at radius 1 is 1.19 bits per heavy atom. The van der Waals surface area contributed by atoms with Gasteiger partial charge in [0.15, 0.2) is 0 Å². The van der Waals surface area contributed by atoms with Gasteiger partial charge in [0.25, 0.3) is 11.7 Å². The van der Waals surface area contributed by atoms with E-state index >= 15 is 0 Å². The molecule has 0 bridgehead atoms. The van der Waals surface area contributed by atoms with Crippen molar-refractivity contribution in [3.8, 4) is 0 Å². The predicted molar refractivity (Wildman–Crippen MR) is 79.9 cm³/mol. The molecule has 0 unspecified atom stereocenters. The smallest absolute Gasteiger partial charge is 0.288 e. The maximum Gasteiger partial charge on any atom is 0.288 e. The van der Waals surface area contributed by atoms with E-state index in [4.69, 9.17) is 0 Å². The van der Waals surface area contributed by atoms with Gasteiger partial charge in [-0.25, -0.2) is 4.39 Å². The van der Waals surface area contributed by atoms with Gasteiger partial charge in [0.2, 0.25) is 0 Å². The Kier molecular flexibility index (Phi) is 5.19. The number of anilines is 1. The van der Waals surface area contributed by atoms with Crippen molar-refractivity contribution >= 4 is 36.0 Å². The van der Waals surface area contributed by atoms with E-state index in [1.165, 1.54) is 24.3 Å². The summed E-state index contributed by atoms with van der Waals surface area (Å²) in [6.45, 7) is 0. The van der Waals surface area contributed by atoms with Gasteiger partial charge >= 0.3 is 0 Å². The number of nitrogens with one attached hydrogen (secondary N) is 1. The first-order valence-corrected chi connectivity index (χ1v) is 7.14. The van der Waals surface area contributed by atoms with E-state index in [1.807, 2.05) is 0 Å². The molecule has 21 heavy (non-hydrogen) atoms. The number of hydrogen-bond donors (Lipinski definition) is 2. The van der Waals surface area contributed by atoms with Crippen molar-refractivity contribution in [2.24, 2.45) is 0 Å². The molecule has 1 amide bonds. The minimum Gasteiger partial charge on any atom is -0.321 e. The van der Waals surface area contributed by atoms with Gasteiger partial charge in [-0.1, -0.05) is 23.9 Å². The Hall–Kier alpha value is -1.60. The first-order valence-electron chi connectivity index (χ1n) is 5.81. The zero-order chi connectivity index (χ0) is 15.4. The Bertz CT molecular complexity index is 664. The summed E-state index contributed by atoms with van der Waals surface area (Å²) in [7, 11) is 0. The zero-order valence-electron chi connectivity index (χ0n) is 10.5. The second-order valence-electron chi connectivity index (χ2n) is 3.99. The van der Waals surface area contributed by atoms with Crippen molar-refractivity contribution in [3.05, 3.63) is 53.8 Å². The molecule has 0 aliphatic carbocycles. The number of amides is 1. The molecule has 0 saturated carbocycles. The molecular weight excluding hydrogens is 319 g/mol. The van der Waals surface area contributed by atoms with Gasteiger partial charge in [-0.3, -0.25) is 4.79 Å². The number of para-hydroxylation sites is 1. The molecular formula is C14H10F3NOS2. The molecule has 2 aromatic rings. The van der Waals surface area contributed by atoms with Crippen molar-refractivity contribution in [3.63, 3.8) is 0 Å². The van der Waals surface area contributed by atoms with Crippen LogP contribution in [0.25, 0.3) is 0 Å². The van der Waals surface area contributed by atoms with Crippen LogP contribution < -0.4 is 5.32 Å². The van der Waals surface area contributed by atoms with Crippen LogP contribution >= 0.6 is 24.4 Å². The highest BCUT2D eigenvalue weighted by molar-refractivity contribution is 7.99. The number of carbonyl (C=O) groups is 1. The third-order valence-electron chi connectivity index (χ3n) is 2.55. The number of rotatable bonds is 4. The maximum absolute atomic E-state index is 13.6. The number of thioether (sulfide) groups is 1. The van der Waals surface area contributed by atoms with E-state index in [1.54, 1.807) is 12.1 Å². The zero-order valence-corrected chi connectivity index (χ0v) is 12.2. The molecule has 2 rings (SSSR count). The van der Waals surface area contributed by atoms with Gasteiger partial charge in [0.1, 0.15) is 5.82 Å². The summed E-state index contributed by atoms with van der Waals surface area (Å²) < 4.78 is 38.5. The summed E-state index contributed by atoms with van der Waals surface area (Å²) in [5.41, 5.74) is 0.0103. The Balaban J connectivity index is 2.25. The van der Waals surface area contributed by atoms with Crippen molar-refractivity contribution in [2.75, 3.05) is 5.32 Å². The topological polar surface area (TPSA) is 29.1 Å². The molecule has 110 valence electrons. The van der Waals surface area contributed by atoms with E-state index in [9.17, 15) is 18.0 Å². The van der Waals surface area contributed by atoms with Gasteiger partial charge in [-0.2, -0.15) is 8.78 Å². The number of carbonyl (C=O) groups excluding carboxylic acids is 1. The Morgan fingerprint density at radius 3 is 2.62 bits per heavy atom. The highest BCUT2D eigenvalue weighted by Crippen LogP contribution is 2.32. The molecule has 0 saturated heterocycles. The van der Waals surface area contributed by atoms with Crippen molar-refractivity contribution < 1.29 is 18.0 Å². The van der Waals surface area contributed by atoms with Crippen molar-refractivity contribution in [2.45, 2.75) is 15.5 Å². The highest BCUT2D eigenvalue weighted by Gasteiger charge is 2.15. The minimum absolute atomic E-state index is 0.195. The van der Waals surface area contributed by atoms with Crippen LogP contribution in [-0.2, 0) is 0 Å². The van der Waals surface area contributed by atoms with E-state index in [0.717, 1.165) is 6.07 Å². The third kappa shape index (κ3) is 4.18. The molecule has 2 nitrogen and oxygen atoms in total. The number of thiol groups is 1. The van der Waals surface area contributed by atoms with Gasteiger partial charge in [0, 0.05) is 9.79 Å². The quantitative estimate of drug-likeness (QED) is 0.630. The maximum atomic E-state index is 13.6. The van der Waals surface area contributed by atoms with Crippen LogP contribution in [0, 0.1) is 5.82 Å². The molecule has 0 aliphatic rings. The number of halogens is 3. The summed E-state index contributed by atoms with van der Waals surface area (Å²) in [6, 6.07) is 9.91. The van der Waals surface area contributed by atoms with Gasteiger partial charge in [-0.05, 0) is 30.3 Å². The second kappa shape index (κ2) is 6.91. The number of alkyl halides is 2. The molecule has 1 N–H and O–H groups in total. The fourth-order valence-corrected chi connectivity index (χ4v) is 2.44. The van der Waals surface area contributed by atoms with Crippen molar-refractivity contribution in [1.82, 2.24) is 0 Å². The Labute approximate surface area is 129 Å². The molecule has 0 radical (unpaired) electrons. The van der Waals surface area contributed by atoms with Crippen LogP contribution in [0.15, 0.2) is 52.3 Å². The average Bonchev–Trinajstić information content (AvgIpc) is 2.43.